The van der Waals surface area contributed by atoms with E-state index in [9.17, 15) is 0 Å². The first-order valence-electron chi connectivity index (χ1n) is 6.67. The van der Waals surface area contributed by atoms with E-state index >= 15 is 0 Å². The molecule has 15 heavy (non-hydrogen) atoms. The summed E-state index contributed by atoms with van der Waals surface area (Å²) in [6, 6.07) is 2.48. The van der Waals surface area contributed by atoms with E-state index in [0.29, 0.717) is 5.92 Å². The van der Waals surface area contributed by atoms with Crippen LogP contribution in [0.1, 0.15) is 65.2 Å². The van der Waals surface area contributed by atoms with Crippen molar-refractivity contribution in [3.63, 3.8) is 0 Å². The molecule has 0 heterocycles. The minimum atomic E-state index is 0.349. The van der Waals surface area contributed by atoms with E-state index in [1.807, 2.05) is 0 Å². The zero-order valence-corrected chi connectivity index (χ0v) is 10.3. The van der Waals surface area contributed by atoms with Crippen molar-refractivity contribution >= 4 is 0 Å². The van der Waals surface area contributed by atoms with Crippen molar-refractivity contribution in [1.82, 2.24) is 0 Å². The molecule has 0 amide bonds. The van der Waals surface area contributed by atoms with Crippen LogP contribution in [0.4, 0.5) is 0 Å². The Kier molecular flexibility index (Phi) is 5.76. The first-order chi connectivity index (χ1) is 7.27. The first kappa shape index (κ1) is 12.6. The van der Waals surface area contributed by atoms with Crippen LogP contribution >= 0.6 is 0 Å². The Morgan fingerprint density at radius 3 is 2.47 bits per heavy atom. The lowest BCUT2D eigenvalue weighted by Crippen LogP contribution is -1.99. The molecule has 1 nitrogen and oxygen atoms in total. The van der Waals surface area contributed by atoms with E-state index in [0.717, 1.165) is 18.3 Å². The van der Waals surface area contributed by atoms with Crippen LogP contribution in [0, 0.1) is 29.1 Å². The Morgan fingerprint density at radius 1 is 1.27 bits per heavy atom. The van der Waals surface area contributed by atoms with E-state index in [1.165, 1.54) is 44.9 Å². The third kappa shape index (κ3) is 5.21. The molecule has 0 radical (unpaired) electrons. The molecule has 0 spiro atoms. The van der Waals surface area contributed by atoms with Crippen molar-refractivity contribution in [2.45, 2.75) is 65.2 Å². The molecular weight excluding hydrogens is 182 g/mol. The molecule has 0 aromatic heterocycles. The second-order valence-electron chi connectivity index (χ2n) is 5.24. The zero-order chi connectivity index (χ0) is 11.1. The quantitative estimate of drug-likeness (QED) is 0.536. The number of nitriles is 1. The molecule has 1 saturated carbocycles. The molecule has 86 valence electrons. The van der Waals surface area contributed by atoms with Crippen LogP contribution in [0.2, 0.25) is 0 Å². The third-order valence-electron chi connectivity index (χ3n) is 3.70. The maximum atomic E-state index is 9.04. The number of unbranched alkanes of at least 4 members (excludes halogenated alkanes) is 4. The van der Waals surface area contributed by atoms with Crippen LogP contribution in [0.3, 0.4) is 0 Å². The van der Waals surface area contributed by atoms with Gasteiger partial charge in [0.2, 0.25) is 0 Å². The van der Waals surface area contributed by atoms with Gasteiger partial charge in [0.05, 0.1) is 6.07 Å². The van der Waals surface area contributed by atoms with Crippen LogP contribution in [-0.2, 0) is 0 Å². The molecule has 0 aromatic carbocycles. The number of hydrogen-bond acceptors (Lipinski definition) is 1. The van der Waals surface area contributed by atoms with Crippen molar-refractivity contribution in [3.05, 3.63) is 0 Å². The third-order valence-corrected chi connectivity index (χ3v) is 3.70. The second kappa shape index (κ2) is 6.88. The molecule has 0 aliphatic heterocycles. The topological polar surface area (TPSA) is 23.8 Å². The van der Waals surface area contributed by atoms with Crippen molar-refractivity contribution in [2.24, 2.45) is 17.8 Å². The summed E-state index contributed by atoms with van der Waals surface area (Å²) >= 11 is 0. The SMILES string of the molecule is CCCCCCCC(C#N)CC1CC1C. The largest absolute Gasteiger partial charge is 0.198 e. The van der Waals surface area contributed by atoms with Crippen LogP contribution in [0.15, 0.2) is 0 Å². The Morgan fingerprint density at radius 2 is 1.93 bits per heavy atom. The highest BCUT2D eigenvalue weighted by molar-refractivity contribution is 4.91. The molecule has 1 heteroatoms. The molecule has 0 bridgehead atoms. The minimum absolute atomic E-state index is 0.349. The van der Waals surface area contributed by atoms with Gasteiger partial charge in [-0.25, -0.2) is 0 Å². The van der Waals surface area contributed by atoms with Gasteiger partial charge in [-0.15, -0.1) is 0 Å². The van der Waals surface area contributed by atoms with Crippen LogP contribution < -0.4 is 0 Å². The Labute approximate surface area is 94.9 Å². The average Bonchev–Trinajstić information content (AvgIpc) is 2.92. The van der Waals surface area contributed by atoms with Gasteiger partial charge in [-0.05, 0) is 31.1 Å². The van der Waals surface area contributed by atoms with Gasteiger partial charge in [0, 0.05) is 5.92 Å². The first-order valence-corrected chi connectivity index (χ1v) is 6.67. The molecule has 1 aliphatic rings. The molecule has 0 saturated heterocycles. The lowest BCUT2D eigenvalue weighted by molar-refractivity contribution is 0.472. The van der Waals surface area contributed by atoms with Gasteiger partial charge in [-0.3, -0.25) is 0 Å². The molecule has 1 fully saturated rings. The summed E-state index contributed by atoms with van der Waals surface area (Å²) in [7, 11) is 0. The van der Waals surface area contributed by atoms with Crippen LogP contribution in [0.5, 0.6) is 0 Å². The fraction of sp³-hybridized carbons (Fsp3) is 0.929. The minimum Gasteiger partial charge on any atom is -0.198 e. The zero-order valence-electron chi connectivity index (χ0n) is 10.3. The molecule has 1 aliphatic carbocycles. The van der Waals surface area contributed by atoms with E-state index < -0.39 is 0 Å². The number of rotatable bonds is 8. The average molecular weight is 207 g/mol. The summed E-state index contributed by atoms with van der Waals surface area (Å²) < 4.78 is 0. The van der Waals surface area contributed by atoms with Gasteiger partial charge >= 0.3 is 0 Å². The molecule has 1 rings (SSSR count). The highest BCUT2D eigenvalue weighted by Crippen LogP contribution is 2.43. The Hall–Kier alpha value is -0.510. The lowest BCUT2D eigenvalue weighted by atomic mass is 9.96. The monoisotopic (exact) mass is 207 g/mol. The van der Waals surface area contributed by atoms with Crippen molar-refractivity contribution in [2.75, 3.05) is 0 Å². The molecule has 0 aromatic rings. The van der Waals surface area contributed by atoms with E-state index in [1.54, 1.807) is 0 Å². The highest BCUT2D eigenvalue weighted by atomic mass is 14.4. The normalized spacial score (nSPS) is 25.9. The molecule has 3 unspecified atom stereocenters. The van der Waals surface area contributed by atoms with Gasteiger partial charge in [0.25, 0.3) is 0 Å². The number of hydrogen-bond donors (Lipinski definition) is 0. The fourth-order valence-electron chi connectivity index (χ4n) is 2.32. The summed E-state index contributed by atoms with van der Waals surface area (Å²) in [6.45, 7) is 4.55. The fourth-order valence-corrected chi connectivity index (χ4v) is 2.32. The van der Waals surface area contributed by atoms with E-state index in [2.05, 4.69) is 19.9 Å². The molecule has 0 N–H and O–H groups in total. The summed E-state index contributed by atoms with van der Waals surface area (Å²) in [6.07, 6.45) is 10.3. The lowest BCUT2D eigenvalue weighted by Gasteiger charge is -2.07. The van der Waals surface area contributed by atoms with Crippen LogP contribution in [-0.4, -0.2) is 0 Å². The van der Waals surface area contributed by atoms with Gasteiger partial charge < -0.3 is 0 Å². The van der Waals surface area contributed by atoms with Crippen molar-refractivity contribution in [3.8, 4) is 6.07 Å². The predicted molar refractivity (Wildman–Crippen MR) is 64.4 cm³/mol. The summed E-state index contributed by atoms with van der Waals surface area (Å²) in [5.74, 6) is 2.13. The second-order valence-corrected chi connectivity index (χ2v) is 5.24. The standard InChI is InChI=1S/C14H25N/c1-3-4-5-6-7-8-13(11-15)10-14-9-12(14)2/h12-14H,3-10H2,1-2H3. The van der Waals surface area contributed by atoms with Gasteiger partial charge in [-0.1, -0.05) is 46.0 Å². The summed E-state index contributed by atoms with van der Waals surface area (Å²) in [5, 5.41) is 9.04. The van der Waals surface area contributed by atoms with E-state index in [4.69, 9.17) is 5.26 Å². The predicted octanol–water partition coefficient (Wildman–Crippen LogP) is 4.53. The Bertz CT molecular complexity index is 204. The Balaban J connectivity index is 1.99. The van der Waals surface area contributed by atoms with Crippen molar-refractivity contribution < 1.29 is 0 Å². The van der Waals surface area contributed by atoms with Crippen LogP contribution in [0.25, 0.3) is 0 Å². The van der Waals surface area contributed by atoms with E-state index in [-0.39, 0.29) is 0 Å². The van der Waals surface area contributed by atoms with Gasteiger partial charge in [0.1, 0.15) is 0 Å². The van der Waals surface area contributed by atoms with Crippen molar-refractivity contribution in [1.29, 1.82) is 5.26 Å². The maximum absolute atomic E-state index is 9.04. The van der Waals surface area contributed by atoms with Gasteiger partial charge in [-0.2, -0.15) is 5.26 Å². The van der Waals surface area contributed by atoms with Gasteiger partial charge in [0.15, 0.2) is 0 Å². The molecule has 3 atom stereocenters. The smallest absolute Gasteiger partial charge is 0.0655 e. The number of nitrogens with zero attached hydrogens (tertiary/aromatic N) is 1. The maximum Gasteiger partial charge on any atom is 0.0655 e. The highest BCUT2D eigenvalue weighted by Gasteiger charge is 2.34. The summed E-state index contributed by atoms with van der Waals surface area (Å²) in [4.78, 5) is 0. The summed E-state index contributed by atoms with van der Waals surface area (Å²) in [5.41, 5.74) is 0. The molecular formula is C14H25N.